The number of ether oxygens (including phenoxy) is 1. The molecule has 3 heteroatoms. The number of rotatable bonds is 2. The second-order valence-electron chi connectivity index (χ2n) is 5.65. The Bertz CT molecular complexity index is 586. The van der Waals surface area contributed by atoms with E-state index in [0.29, 0.717) is 11.6 Å². The molecule has 0 bridgehead atoms. The number of aromatic nitrogens is 1. The van der Waals surface area contributed by atoms with E-state index in [4.69, 9.17) is 4.74 Å². The second kappa shape index (κ2) is 4.92. The number of aryl methyl sites for hydroxylation is 1. The van der Waals surface area contributed by atoms with Gasteiger partial charge in [-0.25, -0.2) is 4.98 Å². The van der Waals surface area contributed by atoms with Crippen molar-refractivity contribution in [2.75, 3.05) is 0 Å². The SMILES string of the molecule is Cc1cccc(Oc2ccc(O)c(C(C)(C)C)c2)n1. The molecule has 1 heterocycles. The highest BCUT2D eigenvalue weighted by molar-refractivity contribution is 5.44. The number of hydrogen-bond donors (Lipinski definition) is 1. The minimum atomic E-state index is -0.135. The Morgan fingerprint density at radius 1 is 1.11 bits per heavy atom. The Labute approximate surface area is 113 Å². The van der Waals surface area contributed by atoms with Gasteiger partial charge < -0.3 is 9.84 Å². The zero-order valence-corrected chi connectivity index (χ0v) is 11.8. The molecule has 0 aliphatic rings. The van der Waals surface area contributed by atoms with Crippen LogP contribution in [0.15, 0.2) is 36.4 Å². The molecule has 1 aromatic heterocycles. The molecule has 0 aliphatic heterocycles. The number of aromatic hydroxyl groups is 1. The minimum absolute atomic E-state index is 0.135. The highest BCUT2D eigenvalue weighted by Gasteiger charge is 2.18. The number of pyridine rings is 1. The number of phenolic OH excluding ortho intramolecular Hbond substituents is 1. The molecule has 0 saturated heterocycles. The van der Waals surface area contributed by atoms with E-state index in [0.717, 1.165) is 11.3 Å². The molecule has 0 unspecified atom stereocenters. The Balaban J connectivity index is 2.32. The third-order valence-corrected chi connectivity index (χ3v) is 2.86. The first-order chi connectivity index (χ1) is 8.86. The molecule has 0 atom stereocenters. The fourth-order valence-electron chi connectivity index (χ4n) is 1.87. The topological polar surface area (TPSA) is 42.4 Å². The molecule has 100 valence electrons. The van der Waals surface area contributed by atoms with Gasteiger partial charge >= 0.3 is 0 Å². The maximum atomic E-state index is 9.91. The molecule has 3 nitrogen and oxygen atoms in total. The van der Waals surface area contributed by atoms with E-state index in [1.807, 2.05) is 31.2 Å². The minimum Gasteiger partial charge on any atom is -0.508 e. The quantitative estimate of drug-likeness (QED) is 0.877. The fourth-order valence-corrected chi connectivity index (χ4v) is 1.87. The van der Waals surface area contributed by atoms with Gasteiger partial charge in [0.05, 0.1) is 0 Å². The van der Waals surface area contributed by atoms with Crippen LogP contribution in [0.25, 0.3) is 0 Å². The van der Waals surface area contributed by atoms with Crippen LogP contribution in [0.5, 0.6) is 17.4 Å². The van der Waals surface area contributed by atoms with Crippen molar-refractivity contribution in [3.05, 3.63) is 47.7 Å². The van der Waals surface area contributed by atoms with E-state index in [2.05, 4.69) is 25.8 Å². The molecule has 2 aromatic rings. The van der Waals surface area contributed by atoms with Gasteiger partial charge in [0.25, 0.3) is 0 Å². The van der Waals surface area contributed by atoms with Gasteiger partial charge in [-0.2, -0.15) is 0 Å². The molecule has 0 saturated carbocycles. The molecule has 0 radical (unpaired) electrons. The summed E-state index contributed by atoms with van der Waals surface area (Å²) in [6.45, 7) is 8.08. The molecule has 1 aromatic carbocycles. The molecule has 0 fully saturated rings. The van der Waals surface area contributed by atoms with Crippen LogP contribution < -0.4 is 4.74 Å². The maximum Gasteiger partial charge on any atom is 0.219 e. The normalized spacial score (nSPS) is 11.4. The van der Waals surface area contributed by atoms with E-state index in [-0.39, 0.29) is 11.2 Å². The van der Waals surface area contributed by atoms with E-state index >= 15 is 0 Å². The van der Waals surface area contributed by atoms with Crippen molar-refractivity contribution in [3.63, 3.8) is 0 Å². The van der Waals surface area contributed by atoms with Crippen molar-refractivity contribution in [2.24, 2.45) is 0 Å². The standard InChI is InChI=1S/C16H19NO2/c1-11-6-5-7-15(17-11)19-12-8-9-14(18)13(10-12)16(2,3)4/h5-10,18H,1-4H3. The van der Waals surface area contributed by atoms with E-state index in [9.17, 15) is 5.11 Å². The van der Waals surface area contributed by atoms with E-state index in [1.165, 1.54) is 0 Å². The Hall–Kier alpha value is -2.03. The van der Waals surface area contributed by atoms with Crippen LogP contribution >= 0.6 is 0 Å². The summed E-state index contributed by atoms with van der Waals surface area (Å²) in [7, 11) is 0. The van der Waals surface area contributed by atoms with Gasteiger partial charge in [0.1, 0.15) is 11.5 Å². The summed E-state index contributed by atoms with van der Waals surface area (Å²) in [5, 5.41) is 9.91. The number of benzene rings is 1. The van der Waals surface area contributed by atoms with Crippen LogP contribution in [0.1, 0.15) is 32.0 Å². The van der Waals surface area contributed by atoms with Gasteiger partial charge in [-0.3, -0.25) is 0 Å². The Morgan fingerprint density at radius 3 is 2.47 bits per heavy atom. The van der Waals surface area contributed by atoms with E-state index < -0.39 is 0 Å². The molecular weight excluding hydrogens is 238 g/mol. The highest BCUT2D eigenvalue weighted by Crippen LogP contribution is 2.34. The predicted molar refractivity (Wildman–Crippen MR) is 75.9 cm³/mol. The third kappa shape index (κ3) is 3.25. The average Bonchev–Trinajstić information content (AvgIpc) is 2.30. The predicted octanol–water partition coefficient (Wildman–Crippen LogP) is 4.19. The summed E-state index contributed by atoms with van der Waals surface area (Å²) < 4.78 is 5.73. The number of phenols is 1. The monoisotopic (exact) mass is 257 g/mol. The van der Waals surface area contributed by atoms with Gasteiger partial charge in [-0.05, 0) is 36.6 Å². The molecule has 19 heavy (non-hydrogen) atoms. The lowest BCUT2D eigenvalue weighted by Crippen LogP contribution is -2.11. The second-order valence-corrected chi connectivity index (χ2v) is 5.65. The zero-order chi connectivity index (χ0) is 14.0. The van der Waals surface area contributed by atoms with Crippen molar-refractivity contribution in [3.8, 4) is 17.4 Å². The van der Waals surface area contributed by atoms with Crippen molar-refractivity contribution in [1.82, 2.24) is 4.98 Å². The van der Waals surface area contributed by atoms with Crippen molar-refractivity contribution in [1.29, 1.82) is 0 Å². The lowest BCUT2D eigenvalue weighted by Gasteiger charge is -2.21. The highest BCUT2D eigenvalue weighted by atomic mass is 16.5. The van der Waals surface area contributed by atoms with E-state index in [1.54, 1.807) is 12.1 Å². The lowest BCUT2D eigenvalue weighted by molar-refractivity contribution is 0.433. The maximum absolute atomic E-state index is 9.91. The van der Waals surface area contributed by atoms with Crippen LogP contribution in [0, 0.1) is 6.92 Å². The fraction of sp³-hybridized carbons (Fsp3) is 0.312. The first-order valence-corrected chi connectivity index (χ1v) is 6.31. The summed E-state index contributed by atoms with van der Waals surface area (Å²) >= 11 is 0. The zero-order valence-electron chi connectivity index (χ0n) is 11.8. The largest absolute Gasteiger partial charge is 0.508 e. The van der Waals surface area contributed by atoms with Crippen molar-refractivity contribution < 1.29 is 9.84 Å². The van der Waals surface area contributed by atoms with Crippen LogP contribution in [0.3, 0.4) is 0 Å². The molecule has 1 N–H and O–H groups in total. The molecule has 0 spiro atoms. The Morgan fingerprint density at radius 2 is 1.84 bits per heavy atom. The van der Waals surface area contributed by atoms with Gasteiger partial charge in [-0.15, -0.1) is 0 Å². The van der Waals surface area contributed by atoms with Crippen LogP contribution in [-0.4, -0.2) is 10.1 Å². The molecule has 2 rings (SSSR count). The molecular formula is C16H19NO2. The average molecular weight is 257 g/mol. The van der Waals surface area contributed by atoms with Gasteiger partial charge in [0.15, 0.2) is 0 Å². The van der Waals surface area contributed by atoms with Gasteiger partial charge in [0, 0.05) is 17.3 Å². The van der Waals surface area contributed by atoms with Crippen molar-refractivity contribution >= 4 is 0 Å². The first kappa shape index (κ1) is 13.4. The summed E-state index contributed by atoms with van der Waals surface area (Å²) in [6.07, 6.45) is 0. The molecule has 0 aliphatic carbocycles. The lowest BCUT2D eigenvalue weighted by atomic mass is 9.86. The first-order valence-electron chi connectivity index (χ1n) is 6.31. The van der Waals surface area contributed by atoms with Crippen LogP contribution in [-0.2, 0) is 5.41 Å². The van der Waals surface area contributed by atoms with Crippen LogP contribution in [0.4, 0.5) is 0 Å². The summed E-state index contributed by atoms with van der Waals surface area (Å²) in [6, 6.07) is 10.9. The Kier molecular flexibility index (Phi) is 3.47. The summed E-state index contributed by atoms with van der Waals surface area (Å²) in [4.78, 5) is 4.30. The number of hydrogen-bond acceptors (Lipinski definition) is 3. The van der Waals surface area contributed by atoms with Gasteiger partial charge in [0.2, 0.25) is 5.88 Å². The third-order valence-electron chi connectivity index (χ3n) is 2.86. The van der Waals surface area contributed by atoms with Crippen LogP contribution in [0.2, 0.25) is 0 Å². The summed E-state index contributed by atoms with van der Waals surface area (Å²) in [5.41, 5.74) is 1.63. The van der Waals surface area contributed by atoms with Crippen molar-refractivity contribution in [2.45, 2.75) is 33.1 Å². The smallest absolute Gasteiger partial charge is 0.219 e. The molecule has 0 amide bonds. The van der Waals surface area contributed by atoms with Gasteiger partial charge in [-0.1, -0.05) is 26.8 Å². The summed E-state index contributed by atoms with van der Waals surface area (Å²) in [5.74, 6) is 1.53. The number of nitrogens with zero attached hydrogens (tertiary/aromatic N) is 1.